The molecule has 0 aliphatic rings. The van der Waals surface area contributed by atoms with Crippen molar-refractivity contribution < 1.29 is 24.5 Å². The molecule has 0 fully saturated rings. The predicted molar refractivity (Wildman–Crippen MR) is 69.8 cm³/mol. The largest absolute Gasteiger partial charge is 0.465 e. The van der Waals surface area contributed by atoms with E-state index in [1.165, 1.54) is 14.0 Å². The molecule has 2 atom stereocenters. The number of thiophene rings is 1. The van der Waals surface area contributed by atoms with Gasteiger partial charge in [-0.3, -0.25) is 4.79 Å². The van der Waals surface area contributed by atoms with E-state index in [1.807, 2.05) is 0 Å². The van der Waals surface area contributed by atoms with Gasteiger partial charge >= 0.3 is 5.97 Å². The number of rotatable bonds is 5. The minimum absolute atomic E-state index is 0.0763. The number of hydrogen-bond donors (Lipinski definition) is 2. The normalized spacial score (nSPS) is 14.0. The number of esters is 1. The maximum Gasteiger partial charge on any atom is 0.348 e. The zero-order valence-electron chi connectivity index (χ0n) is 9.95. The van der Waals surface area contributed by atoms with Crippen LogP contribution in [-0.4, -0.2) is 40.3 Å². The average molecular weight is 290 g/mol. The van der Waals surface area contributed by atoms with Crippen molar-refractivity contribution in [3.8, 4) is 0 Å². The lowest BCUT2D eigenvalue weighted by Crippen LogP contribution is -2.22. The Morgan fingerprint density at radius 2 is 2.17 bits per heavy atom. The number of carbonyl (C=O) groups excluding carboxylic acids is 2. The Balaban J connectivity index is 2.77. The first-order valence-electron chi connectivity index (χ1n) is 5.12. The second-order valence-corrected chi connectivity index (χ2v) is 5.62. The molecule has 2 N–H and O–H groups in total. The van der Waals surface area contributed by atoms with Gasteiger partial charge in [-0.05, 0) is 11.4 Å². The zero-order valence-corrected chi connectivity index (χ0v) is 11.6. The van der Waals surface area contributed by atoms with Crippen LogP contribution >= 0.6 is 23.1 Å². The van der Waals surface area contributed by atoms with Crippen LogP contribution in [0.4, 0.5) is 0 Å². The third-order valence-corrected chi connectivity index (χ3v) is 4.03. The molecule has 2 unspecified atom stereocenters. The molecule has 0 aliphatic carbocycles. The summed E-state index contributed by atoms with van der Waals surface area (Å²) in [6.07, 6.45) is -2.32. The highest BCUT2D eigenvalue weighted by Gasteiger charge is 2.25. The minimum atomic E-state index is -1.21. The van der Waals surface area contributed by atoms with Gasteiger partial charge in [0.2, 0.25) is 0 Å². The molecule has 0 aromatic carbocycles. The molecule has 1 aromatic heterocycles. The molecular weight excluding hydrogens is 276 g/mol. The van der Waals surface area contributed by atoms with Crippen LogP contribution in [0.1, 0.15) is 28.3 Å². The Morgan fingerprint density at radius 3 is 2.72 bits per heavy atom. The van der Waals surface area contributed by atoms with Gasteiger partial charge in [-0.2, -0.15) is 0 Å². The summed E-state index contributed by atoms with van der Waals surface area (Å²) in [5, 5.41) is 21.2. The van der Waals surface area contributed by atoms with Gasteiger partial charge in [-0.15, -0.1) is 11.3 Å². The first-order valence-corrected chi connectivity index (χ1v) is 6.99. The molecule has 0 amide bonds. The van der Waals surface area contributed by atoms with Crippen molar-refractivity contribution in [2.45, 2.75) is 19.1 Å². The van der Waals surface area contributed by atoms with Crippen LogP contribution < -0.4 is 0 Å². The van der Waals surface area contributed by atoms with Gasteiger partial charge in [0.1, 0.15) is 11.0 Å². The lowest BCUT2D eigenvalue weighted by molar-refractivity contribution is -0.109. The summed E-state index contributed by atoms with van der Waals surface area (Å²) >= 11 is 2.06. The highest BCUT2D eigenvalue weighted by atomic mass is 32.2. The quantitative estimate of drug-likeness (QED) is 0.793. The molecule has 1 rings (SSSR count). The van der Waals surface area contributed by atoms with E-state index in [9.17, 15) is 19.8 Å². The summed E-state index contributed by atoms with van der Waals surface area (Å²) < 4.78 is 4.58. The van der Waals surface area contributed by atoms with E-state index in [0.29, 0.717) is 5.56 Å². The van der Waals surface area contributed by atoms with Gasteiger partial charge in [0, 0.05) is 18.2 Å². The van der Waals surface area contributed by atoms with Gasteiger partial charge in [0.25, 0.3) is 0 Å². The molecular formula is C11H14O5S2. The molecule has 18 heavy (non-hydrogen) atoms. The number of methoxy groups -OCH3 is 1. The molecule has 0 aliphatic heterocycles. The van der Waals surface area contributed by atoms with Gasteiger partial charge in [-0.1, -0.05) is 11.8 Å². The molecule has 0 spiro atoms. The summed E-state index contributed by atoms with van der Waals surface area (Å²) in [5.41, 5.74) is 0.323. The maximum atomic E-state index is 11.4. The Morgan fingerprint density at radius 1 is 1.50 bits per heavy atom. The SMILES string of the molecule is COC(=O)c1sccc1C(O)C(O)CSC(C)=O. The van der Waals surface area contributed by atoms with E-state index in [2.05, 4.69) is 4.74 Å². The van der Waals surface area contributed by atoms with E-state index in [-0.39, 0.29) is 15.7 Å². The Hall–Kier alpha value is -0.890. The van der Waals surface area contributed by atoms with Crippen LogP contribution in [0.3, 0.4) is 0 Å². The Labute approximate surface area is 113 Å². The van der Waals surface area contributed by atoms with E-state index < -0.39 is 18.2 Å². The van der Waals surface area contributed by atoms with E-state index >= 15 is 0 Å². The minimum Gasteiger partial charge on any atom is -0.465 e. The van der Waals surface area contributed by atoms with Crippen LogP contribution in [0.25, 0.3) is 0 Å². The van der Waals surface area contributed by atoms with Crippen LogP contribution in [0, 0.1) is 0 Å². The fourth-order valence-electron chi connectivity index (χ4n) is 1.31. The van der Waals surface area contributed by atoms with Crippen LogP contribution in [0.5, 0.6) is 0 Å². The van der Waals surface area contributed by atoms with Crippen molar-refractivity contribution in [1.82, 2.24) is 0 Å². The van der Waals surface area contributed by atoms with Gasteiger partial charge < -0.3 is 14.9 Å². The molecule has 0 saturated heterocycles. The summed E-state index contributed by atoms with van der Waals surface area (Å²) in [4.78, 5) is 22.5. The number of aliphatic hydroxyl groups excluding tert-OH is 2. The van der Waals surface area contributed by atoms with Crippen molar-refractivity contribution >= 4 is 34.2 Å². The third-order valence-electron chi connectivity index (χ3n) is 2.21. The fourth-order valence-corrected chi connectivity index (χ4v) is 2.75. The first-order chi connectivity index (χ1) is 8.47. The maximum absolute atomic E-state index is 11.4. The standard InChI is InChI=1S/C11H14O5S2/c1-6(12)18-5-8(13)9(14)7-3-4-17-10(7)11(15)16-2/h3-4,8-9,13-14H,5H2,1-2H3. The number of hydrogen-bond acceptors (Lipinski definition) is 7. The monoisotopic (exact) mass is 290 g/mol. The Kier molecular flexibility index (Phi) is 5.80. The summed E-state index contributed by atoms with van der Waals surface area (Å²) in [6, 6.07) is 1.56. The fraction of sp³-hybridized carbons (Fsp3) is 0.455. The molecule has 5 nitrogen and oxygen atoms in total. The predicted octanol–water partition coefficient (Wildman–Crippen LogP) is 1.21. The van der Waals surface area contributed by atoms with Crippen LogP contribution in [-0.2, 0) is 9.53 Å². The molecule has 0 radical (unpaired) electrons. The summed E-state index contributed by atoms with van der Waals surface area (Å²) in [6.45, 7) is 1.38. The van der Waals surface area contributed by atoms with Gasteiger partial charge in [-0.25, -0.2) is 4.79 Å². The second kappa shape index (κ2) is 6.89. The van der Waals surface area contributed by atoms with Crippen molar-refractivity contribution in [1.29, 1.82) is 0 Å². The highest BCUT2D eigenvalue weighted by molar-refractivity contribution is 8.13. The van der Waals surface area contributed by atoms with Gasteiger partial charge in [0.15, 0.2) is 5.12 Å². The molecule has 0 saturated carbocycles. The van der Waals surface area contributed by atoms with Crippen molar-refractivity contribution in [3.63, 3.8) is 0 Å². The lowest BCUT2D eigenvalue weighted by atomic mass is 10.1. The molecule has 100 valence electrons. The number of aliphatic hydroxyl groups is 2. The highest BCUT2D eigenvalue weighted by Crippen LogP contribution is 2.27. The van der Waals surface area contributed by atoms with E-state index in [0.717, 1.165) is 23.1 Å². The number of thioether (sulfide) groups is 1. The van der Waals surface area contributed by atoms with Crippen molar-refractivity contribution in [2.75, 3.05) is 12.9 Å². The van der Waals surface area contributed by atoms with Crippen molar-refractivity contribution in [2.24, 2.45) is 0 Å². The van der Waals surface area contributed by atoms with E-state index in [4.69, 9.17) is 0 Å². The zero-order chi connectivity index (χ0) is 13.7. The summed E-state index contributed by atoms with van der Waals surface area (Å²) in [5.74, 6) is -0.474. The van der Waals surface area contributed by atoms with Crippen LogP contribution in [0.2, 0.25) is 0 Å². The van der Waals surface area contributed by atoms with Crippen LogP contribution in [0.15, 0.2) is 11.4 Å². The first kappa shape index (κ1) is 15.2. The van der Waals surface area contributed by atoms with Gasteiger partial charge in [0.05, 0.1) is 13.2 Å². The average Bonchev–Trinajstić information content (AvgIpc) is 2.82. The third kappa shape index (κ3) is 3.81. The molecule has 1 aromatic rings. The van der Waals surface area contributed by atoms with E-state index in [1.54, 1.807) is 11.4 Å². The number of ether oxygens (including phenoxy) is 1. The summed E-state index contributed by atoms with van der Waals surface area (Å²) in [7, 11) is 1.25. The Bertz CT molecular complexity index is 429. The molecule has 1 heterocycles. The second-order valence-electron chi connectivity index (χ2n) is 3.51. The lowest BCUT2D eigenvalue weighted by Gasteiger charge is -2.17. The molecule has 7 heteroatoms. The van der Waals surface area contributed by atoms with Crippen molar-refractivity contribution in [3.05, 3.63) is 21.9 Å². The molecule has 0 bridgehead atoms. The smallest absolute Gasteiger partial charge is 0.348 e. The topological polar surface area (TPSA) is 83.8 Å². The number of carbonyl (C=O) groups is 2.